The first-order valence-electron chi connectivity index (χ1n) is 5.25. The van der Waals surface area contributed by atoms with Crippen LogP contribution >= 0.6 is 11.6 Å². The monoisotopic (exact) mass is 314 g/mol. The van der Waals surface area contributed by atoms with E-state index in [2.05, 4.69) is 0 Å². The summed E-state index contributed by atoms with van der Waals surface area (Å²) in [5.41, 5.74) is 4.29. The SMILES string of the molecule is NC1CN(S(=O)(=O)c2ccc(Cl)c(C(F)(F)F)c2)C1. The fraction of sp³-hybridized carbons (Fsp3) is 0.400. The molecule has 1 aromatic carbocycles. The van der Waals surface area contributed by atoms with Crippen LogP contribution in [0.4, 0.5) is 13.2 Å². The van der Waals surface area contributed by atoms with Gasteiger partial charge in [0.15, 0.2) is 0 Å². The van der Waals surface area contributed by atoms with Crippen molar-refractivity contribution in [3.63, 3.8) is 0 Å². The van der Waals surface area contributed by atoms with Gasteiger partial charge in [-0.15, -0.1) is 0 Å². The molecule has 1 aliphatic heterocycles. The lowest BCUT2D eigenvalue weighted by Crippen LogP contribution is -2.57. The van der Waals surface area contributed by atoms with Crippen molar-refractivity contribution in [3.05, 3.63) is 28.8 Å². The van der Waals surface area contributed by atoms with Crippen LogP contribution in [0.2, 0.25) is 5.02 Å². The van der Waals surface area contributed by atoms with E-state index in [9.17, 15) is 21.6 Å². The van der Waals surface area contributed by atoms with Gasteiger partial charge in [0.2, 0.25) is 10.0 Å². The smallest absolute Gasteiger partial charge is 0.325 e. The Morgan fingerprint density at radius 3 is 2.37 bits per heavy atom. The van der Waals surface area contributed by atoms with E-state index in [-0.39, 0.29) is 19.1 Å². The van der Waals surface area contributed by atoms with E-state index in [1.54, 1.807) is 0 Å². The highest BCUT2D eigenvalue weighted by molar-refractivity contribution is 7.89. The Morgan fingerprint density at radius 2 is 1.89 bits per heavy atom. The summed E-state index contributed by atoms with van der Waals surface area (Å²) in [6.07, 6.45) is -4.70. The van der Waals surface area contributed by atoms with Crippen molar-refractivity contribution in [2.75, 3.05) is 13.1 Å². The molecule has 1 heterocycles. The molecule has 9 heteroatoms. The summed E-state index contributed by atoms with van der Waals surface area (Å²) in [6, 6.07) is 2.25. The first-order valence-corrected chi connectivity index (χ1v) is 7.06. The van der Waals surface area contributed by atoms with Gasteiger partial charge in [-0.1, -0.05) is 11.6 Å². The molecule has 1 saturated heterocycles. The lowest BCUT2D eigenvalue weighted by molar-refractivity contribution is -0.137. The Bertz CT molecular complexity index is 597. The van der Waals surface area contributed by atoms with Gasteiger partial charge in [-0.05, 0) is 18.2 Å². The van der Waals surface area contributed by atoms with Gasteiger partial charge in [0.25, 0.3) is 0 Å². The summed E-state index contributed by atoms with van der Waals surface area (Å²) in [6.45, 7) is 0.207. The van der Waals surface area contributed by atoms with Gasteiger partial charge in [0.05, 0.1) is 15.5 Å². The van der Waals surface area contributed by atoms with E-state index in [0.29, 0.717) is 6.07 Å². The predicted octanol–water partition coefficient (Wildman–Crippen LogP) is 1.69. The number of nitrogens with two attached hydrogens (primary N) is 1. The van der Waals surface area contributed by atoms with Crippen molar-refractivity contribution in [3.8, 4) is 0 Å². The van der Waals surface area contributed by atoms with Crippen LogP contribution in [0.1, 0.15) is 5.56 Å². The van der Waals surface area contributed by atoms with Gasteiger partial charge in [0.1, 0.15) is 0 Å². The van der Waals surface area contributed by atoms with Gasteiger partial charge in [-0.25, -0.2) is 8.42 Å². The van der Waals surface area contributed by atoms with E-state index >= 15 is 0 Å². The molecule has 2 rings (SSSR count). The Hall–Kier alpha value is -0.830. The molecule has 19 heavy (non-hydrogen) atoms. The molecule has 1 fully saturated rings. The quantitative estimate of drug-likeness (QED) is 0.903. The number of nitrogens with zero attached hydrogens (tertiary/aromatic N) is 1. The normalized spacial score (nSPS) is 18.4. The topological polar surface area (TPSA) is 63.4 Å². The van der Waals surface area contributed by atoms with E-state index in [0.717, 1.165) is 16.4 Å². The molecule has 0 amide bonds. The van der Waals surface area contributed by atoms with Crippen molar-refractivity contribution >= 4 is 21.6 Å². The molecule has 0 bridgehead atoms. The second kappa shape index (κ2) is 4.62. The number of rotatable bonds is 2. The number of hydrogen-bond donors (Lipinski definition) is 1. The summed E-state index contributed by atoms with van der Waals surface area (Å²) in [7, 11) is -3.94. The standard InChI is InChI=1S/C10H10ClF3N2O2S/c11-9-2-1-7(3-8(9)10(12,13)14)19(17,18)16-4-6(15)5-16/h1-3,6H,4-5,15H2. The number of benzene rings is 1. The van der Waals surface area contributed by atoms with Crippen LogP contribution in [0.15, 0.2) is 23.1 Å². The molecule has 0 unspecified atom stereocenters. The Labute approximate surface area is 113 Å². The molecular formula is C10H10ClF3N2O2S. The molecule has 1 aromatic rings. The Morgan fingerprint density at radius 1 is 1.32 bits per heavy atom. The first-order chi connectivity index (χ1) is 8.62. The molecule has 0 radical (unpaired) electrons. The van der Waals surface area contributed by atoms with Gasteiger partial charge in [0, 0.05) is 19.1 Å². The maximum atomic E-state index is 12.7. The fourth-order valence-electron chi connectivity index (χ4n) is 1.70. The molecule has 106 valence electrons. The Balaban J connectivity index is 2.42. The maximum Gasteiger partial charge on any atom is 0.417 e. The summed E-state index contributed by atoms with van der Waals surface area (Å²) in [4.78, 5) is -0.434. The van der Waals surface area contributed by atoms with Crippen molar-refractivity contribution < 1.29 is 21.6 Å². The third-order valence-electron chi connectivity index (χ3n) is 2.76. The molecule has 0 atom stereocenters. The van der Waals surface area contributed by atoms with E-state index < -0.39 is 31.7 Å². The highest BCUT2D eigenvalue weighted by Crippen LogP contribution is 2.36. The minimum absolute atomic E-state index is 0.103. The van der Waals surface area contributed by atoms with Gasteiger partial charge < -0.3 is 5.73 Å². The second-order valence-corrected chi connectivity index (χ2v) is 6.57. The van der Waals surface area contributed by atoms with Crippen LogP contribution < -0.4 is 5.73 Å². The maximum absolute atomic E-state index is 12.7. The molecule has 0 aromatic heterocycles. The molecule has 1 aliphatic rings. The lowest BCUT2D eigenvalue weighted by atomic mass is 10.2. The van der Waals surface area contributed by atoms with E-state index in [1.807, 2.05) is 0 Å². The summed E-state index contributed by atoms with van der Waals surface area (Å²) < 4.78 is 63.0. The summed E-state index contributed by atoms with van der Waals surface area (Å²) >= 11 is 5.43. The molecule has 0 spiro atoms. The zero-order valence-corrected chi connectivity index (χ0v) is 11.1. The van der Waals surface area contributed by atoms with Crippen LogP contribution in [-0.4, -0.2) is 31.9 Å². The third-order valence-corrected chi connectivity index (χ3v) is 4.91. The number of hydrogen-bond acceptors (Lipinski definition) is 3. The predicted molar refractivity (Wildman–Crippen MR) is 63.2 cm³/mol. The van der Waals surface area contributed by atoms with Gasteiger partial charge >= 0.3 is 6.18 Å². The minimum atomic E-state index is -4.70. The Kier molecular flexibility index (Phi) is 3.54. The van der Waals surface area contributed by atoms with Gasteiger partial charge in [-0.3, -0.25) is 0 Å². The summed E-state index contributed by atoms with van der Waals surface area (Å²) in [5, 5.41) is -0.535. The van der Waals surface area contributed by atoms with Crippen LogP contribution in [0.5, 0.6) is 0 Å². The van der Waals surface area contributed by atoms with Crippen molar-refractivity contribution in [1.82, 2.24) is 4.31 Å². The van der Waals surface area contributed by atoms with Crippen molar-refractivity contribution in [2.45, 2.75) is 17.1 Å². The molecule has 2 N–H and O–H groups in total. The van der Waals surface area contributed by atoms with E-state index in [4.69, 9.17) is 17.3 Å². The third kappa shape index (κ3) is 2.71. The number of alkyl halides is 3. The van der Waals surface area contributed by atoms with Crippen molar-refractivity contribution in [1.29, 1.82) is 0 Å². The fourth-order valence-corrected chi connectivity index (χ4v) is 3.50. The van der Waals surface area contributed by atoms with Crippen molar-refractivity contribution in [2.24, 2.45) is 5.73 Å². The zero-order chi connectivity index (χ0) is 14.4. The largest absolute Gasteiger partial charge is 0.417 e. The zero-order valence-electron chi connectivity index (χ0n) is 9.48. The summed E-state index contributed by atoms with van der Waals surface area (Å²) in [5.74, 6) is 0. The average molecular weight is 315 g/mol. The van der Waals surface area contributed by atoms with Gasteiger partial charge in [-0.2, -0.15) is 17.5 Å². The molecular weight excluding hydrogens is 305 g/mol. The van der Waals surface area contributed by atoms with Crippen LogP contribution in [0.25, 0.3) is 0 Å². The lowest BCUT2D eigenvalue weighted by Gasteiger charge is -2.35. The highest BCUT2D eigenvalue weighted by atomic mass is 35.5. The molecule has 0 aliphatic carbocycles. The van der Waals surface area contributed by atoms with E-state index in [1.165, 1.54) is 0 Å². The number of sulfonamides is 1. The molecule has 0 saturated carbocycles. The first kappa shape index (κ1) is 14.6. The number of halogens is 4. The molecule has 4 nitrogen and oxygen atoms in total. The van der Waals surface area contributed by atoms with Crippen LogP contribution in [0, 0.1) is 0 Å². The minimum Gasteiger partial charge on any atom is -0.325 e. The van der Waals surface area contributed by atoms with Crippen LogP contribution in [-0.2, 0) is 16.2 Å². The highest BCUT2D eigenvalue weighted by Gasteiger charge is 2.38. The van der Waals surface area contributed by atoms with Crippen LogP contribution in [0.3, 0.4) is 0 Å². The second-order valence-electron chi connectivity index (χ2n) is 4.22. The average Bonchev–Trinajstić information content (AvgIpc) is 2.23.